The number of nitrogens with one attached hydrogen (secondary N) is 1. The Morgan fingerprint density at radius 1 is 1.39 bits per heavy atom. The maximum absolute atomic E-state index is 12.8. The van der Waals surface area contributed by atoms with Gasteiger partial charge in [-0.2, -0.15) is 0 Å². The number of ether oxygens (including phenoxy) is 1. The molecule has 9 heteroatoms. The third kappa shape index (κ3) is 4.83. The zero-order valence-corrected chi connectivity index (χ0v) is 21.6. The number of thiazole rings is 1. The zero-order chi connectivity index (χ0) is 23.9. The second-order valence-electron chi connectivity index (χ2n) is 8.53. The van der Waals surface area contributed by atoms with Crippen LogP contribution in [-0.2, 0) is 22.5 Å². The number of hydrogen-bond donors (Lipinski definition) is 1. The van der Waals surface area contributed by atoms with E-state index in [1.165, 1.54) is 17.4 Å². The Bertz CT molecular complexity index is 1310. The smallest absolute Gasteiger partial charge is 0.411 e. The Hall–Kier alpha value is -2.67. The van der Waals surface area contributed by atoms with Crippen LogP contribution in [0.4, 0.5) is 9.80 Å². The third-order valence-electron chi connectivity index (χ3n) is 4.98. The molecule has 0 saturated carbocycles. The van der Waals surface area contributed by atoms with Gasteiger partial charge in [-0.05, 0) is 50.6 Å². The Balaban J connectivity index is 1.81. The highest BCUT2D eigenvalue weighted by Crippen LogP contribution is 2.46. The number of hydrogen-bond acceptors (Lipinski definition) is 6. The number of anilines is 1. The molecule has 1 aromatic carbocycles. The molecule has 0 unspecified atom stereocenters. The first kappa shape index (κ1) is 23.5. The number of nitrogens with zero attached hydrogens (tertiary/aromatic N) is 2. The van der Waals surface area contributed by atoms with E-state index in [4.69, 9.17) is 16.1 Å². The molecule has 0 saturated heterocycles. The van der Waals surface area contributed by atoms with Crippen LogP contribution in [-0.4, -0.2) is 33.5 Å². The van der Waals surface area contributed by atoms with Crippen molar-refractivity contribution in [3.05, 3.63) is 45.8 Å². The number of carbonyl (C=O) groups excluding carboxylic acids is 2. The van der Waals surface area contributed by atoms with Gasteiger partial charge in [-0.25, -0.2) is 9.78 Å². The van der Waals surface area contributed by atoms with Crippen LogP contribution in [0.15, 0.2) is 35.3 Å². The molecule has 3 aromatic rings. The Morgan fingerprint density at radius 3 is 2.82 bits per heavy atom. The molecule has 1 aliphatic heterocycles. The van der Waals surface area contributed by atoms with E-state index in [0.717, 1.165) is 35.7 Å². The minimum Gasteiger partial charge on any atom is -0.444 e. The largest absolute Gasteiger partial charge is 0.444 e. The first-order chi connectivity index (χ1) is 15.6. The van der Waals surface area contributed by atoms with Crippen molar-refractivity contribution in [1.29, 1.82) is 0 Å². The zero-order valence-electron chi connectivity index (χ0n) is 18.4. The number of amides is 2. The topological polar surface area (TPSA) is 71.5 Å². The highest BCUT2D eigenvalue weighted by molar-refractivity contribution is 9.10. The lowest BCUT2D eigenvalue weighted by Crippen LogP contribution is -2.45. The molecular formula is C24H22BrN3O3S2. The highest BCUT2D eigenvalue weighted by Gasteiger charge is 2.36. The standard InChI is InChI=1S/C24H22BrN3O3S2/c1-6-14-11-15-18(12-28(14)23(30)31-24(3,4)5)33-22(27-19(29)7-2)20(15)21-26-16-10-13(25)8-9-17(16)32-21/h1,7-10,14H,2,11-12H2,3-5H3,(H,27,29)/t14-/m1/s1. The first-order valence-electron chi connectivity index (χ1n) is 10.2. The van der Waals surface area contributed by atoms with Crippen LogP contribution in [0.5, 0.6) is 0 Å². The second kappa shape index (κ2) is 8.93. The van der Waals surface area contributed by atoms with Gasteiger partial charge < -0.3 is 10.1 Å². The molecule has 1 N–H and O–H groups in total. The van der Waals surface area contributed by atoms with Crippen molar-refractivity contribution in [3.8, 4) is 22.9 Å². The van der Waals surface area contributed by atoms with Gasteiger partial charge in [-0.1, -0.05) is 28.4 Å². The molecule has 0 spiro atoms. The van der Waals surface area contributed by atoms with Crippen LogP contribution in [0, 0.1) is 12.3 Å². The van der Waals surface area contributed by atoms with Gasteiger partial charge in [0.2, 0.25) is 5.91 Å². The number of carbonyl (C=O) groups is 2. The van der Waals surface area contributed by atoms with Crippen LogP contribution in [0.1, 0.15) is 31.2 Å². The lowest BCUT2D eigenvalue weighted by molar-refractivity contribution is -0.111. The van der Waals surface area contributed by atoms with Gasteiger partial charge in [-0.15, -0.1) is 29.1 Å². The Labute approximate surface area is 208 Å². The minimum atomic E-state index is -0.629. The summed E-state index contributed by atoms with van der Waals surface area (Å²) in [5.74, 6) is 2.43. The molecule has 2 amide bonds. The predicted molar refractivity (Wildman–Crippen MR) is 138 cm³/mol. The summed E-state index contributed by atoms with van der Waals surface area (Å²) < 4.78 is 7.56. The van der Waals surface area contributed by atoms with Crippen LogP contribution in [0.2, 0.25) is 0 Å². The fraction of sp³-hybridized carbons (Fsp3) is 0.292. The fourth-order valence-electron chi connectivity index (χ4n) is 3.57. The van der Waals surface area contributed by atoms with E-state index >= 15 is 0 Å². The van der Waals surface area contributed by atoms with Crippen molar-refractivity contribution >= 4 is 65.8 Å². The molecule has 1 atom stereocenters. The SMILES string of the molecule is C#C[C@@H]1Cc2c(sc(NC(=O)C=C)c2-c2nc3cc(Br)ccc3s2)CN1C(=O)OC(C)(C)C. The van der Waals surface area contributed by atoms with Gasteiger partial charge in [-0.3, -0.25) is 9.69 Å². The van der Waals surface area contributed by atoms with Crippen LogP contribution in [0.25, 0.3) is 20.8 Å². The van der Waals surface area contributed by atoms with E-state index < -0.39 is 17.7 Å². The van der Waals surface area contributed by atoms with Gasteiger partial charge >= 0.3 is 6.09 Å². The van der Waals surface area contributed by atoms with Gasteiger partial charge in [0.25, 0.3) is 0 Å². The van der Waals surface area contributed by atoms with E-state index in [0.29, 0.717) is 18.0 Å². The van der Waals surface area contributed by atoms with E-state index in [-0.39, 0.29) is 5.91 Å². The lowest BCUT2D eigenvalue weighted by Gasteiger charge is -2.34. The molecule has 0 fully saturated rings. The summed E-state index contributed by atoms with van der Waals surface area (Å²) in [5, 5.41) is 4.38. The summed E-state index contributed by atoms with van der Waals surface area (Å²) in [6.45, 7) is 9.33. The monoisotopic (exact) mass is 543 g/mol. The Kier molecular flexibility index (Phi) is 6.36. The number of fused-ring (bicyclic) bond motifs is 2. The molecule has 0 radical (unpaired) electrons. The van der Waals surface area contributed by atoms with Crippen molar-refractivity contribution in [3.63, 3.8) is 0 Å². The number of thiophene rings is 1. The van der Waals surface area contributed by atoms with Gasteiger partial charge in [0, 0.05) is 21.3 Å². The van der Waals surface area contributed by atoms with Crippen molar-refractivity contribution in [2.24, 2.45) is 0 Å². The third-order valence-corrected chi connectivity index (χ3v) is 7.66. The summed E-state index contributed by atoms with van der Waals surface area (Å²) in [5.41, 5.74) is 2.09. The summed E-state index contributed by atoms with van der Waals surface area (Å²) >= 11 is 6.47. The fourth-order valence-corrected chi connectivity index (χ4v) is 6.24. The maximum Gasteiger partial charge on any atom is 0.411 e. The van der Waals surface area contributed by atoms with E-state index in [9.17, 15) is 9.59 Å². The summed E-state index contributed by atoms with van der Waals surface area (Å²) in [7, 11) is 0. The van der Waals surface area contributed by atoms with Gasteiger partial charge in [0.1, 0.15) is 21.7 Å². The summed E-state index contributed by atoms with van der Waals surface area (Å²) in [6.07, 6.45) is 7.06. The first-order valence-corrected chi connectivity index (χ1v) is 12.6. The number of halogens is 1. The van der Waals surface area contributed by atoms with Gasteiger partial charge in [0.15, 0.2) is 0 Å². The lowest BCUT2D eigenvalue weighted by atomic mass is 9.97. The van der Waals surface area contributed by atoms with Crippen molar-refractivity contribution in [2.75, 3.05) is 5.32 Å². The van der Waals surface area contributed by atoms with Gasteiger partial charge in [0.05, 0.1) is 16.8 Å². The molecule has 1 aliphatic rings. The number of terminal acetylenes is 1. The molecule has 6 nitrogen and oxygen atoms in total. The predicted octanol–water partition coefficient (Wildman–Crippen LogP) is 6.21. The average Bonchev–Trinajstić information content (AvgIpc) is 3.30. The minimum absolute atomic E-state index is 0.303. The number of aromatic nitrogens is 1. The molecule has 170 valence electrons. The maximum atomic E-state index is 12.8. The van der Waals surface area contributed by atoms with Crippen molar-refractivity contribution in [2.45, 2.75) is 45.4 Å². The molecule has 33 heavy (non-hydrogen) atoms. The van der Waals surface area contributed by atoms with E-state index in [1.54, 1.807) is 16.2 Å². The van der Waals surface area contributed by atoms with Crippen molar-refractivity contribution in [1.82, 2.24) is 9.88 Å². The van der Waals surface area contributed by atoms with E-state index in [2.05, 4.69) is 33.7 Å². The number of benzene rings is 1. The molecule has 3 heterocycles. The molecule has 0 aliphatic carbocycles. The quantitative estimate of drug-likeness (QED) is 0.315. The molecule has 0 bridgehead atoms. The number of rotatable bonds is 3. The summed E-state index contributed by atoms with van der Waals surface area (Å²) in [6, 6.07) is 5.48. The molecule has 4 rings (SSSR count). The normalized spacial score (nSPS) is 15.6. The molecular weight excluding hydrogens is 522 g/mol. The average molecular weight is 544 g/mol. The highest BCUT2D eigenvalue weighted by atomic mass is 79.9. The Morgan fingerprint density at radius 2 is 2.15 bits per heavy atom. The molecule has 2 aromatic heterocycles. The van der Waals surface area contributed by atoms with E-state index in [1.807, 2.05) is 39.0 Å². The second-order valence-corrected chi connectivity index (χ2v) is 11.6. The van der Waals surface area contributed by atoms with Crippen molar-refractivity contribution < 1.29 is 14.3 Å². The summed E-state index contributed by atoms with van der Waals surface area (Å²) in [4.78, 5) is 32.4. The van der Waals surface area contributed by atoms with Crippen LogP contribution < -0.4 is 5.32 Å². The van der Waals surface area contributed by atoms with Crippen LogP contribution >= 0.6 is 38.6 Å². The van der Waals surface area contributed by atoms with Crippen LogP contribution in [0.3, 0.4) is 0 Å².